The summed E-state index contributed by atoms with van der Waals surface area (Å²) in [5.74, 6) is 24.5. The van der Waals surface area contributed by atoms with Crippen LogP contribution in [0.25, 0.3) is 0 Å². The summed E-state index contributed by atoms with van der Waals surface area (Å²) >= 11 is 0. The van der Waals surface area contributed by atoms with Crippen molar-refractivity contribution in [2.24, 2.45) is 211 Å². The largest absolute Gasteiger partial charge is 0.390 e. The van der Waals surface area contributed by atoms with Crippen LogP contribution >= 0.6 is 0 Å². The fourth-order valence-corrected chi connectivity index (χ4v) is 38.2. The SMILES string of the molecule is C[C@@]1(O)CC[C@H]2[C@H](CC[C@@H]3[C@@H]2CC[C@@]2(C)[C@H]3[C@@H]3C[C@@H]3[C@@H]2C(=O)Cn2cc(C(=O)N3CCC3)cn2)C1.C[C@@]1(O)CC[C@H]2[C@H](CC[C@@H]3[C@@H]2CC[C@@]2(C)[C@H]3[C@@H]3C[C@@H]3[C@@H]2C(=O)Cn2ccnc2)C1.Cc1cnn(CC(=O)[C@H]2[C@H]3C[C@H]3[C@H]3[C@@H]4CC[C@@H]5C[C@](C)(O)CC[C@@H]5[C@H]4CC[C@@]32C)c1.Cc1nnnn1CC(=O)[C@H]1[C@H]2C[C@H]2[C@H]2[C@@H]3CC[C@@H]4C[C@](C)(O)CC[C@@H]4[C@H]3CC[C@@]21C. The molecule has 21 aliphatic rings. The number of aromatic nitrogens is 10. The minimum atomic E-state index is -0.462. The lowest BCUT2D eigenvalue weighted by atomic mass is 9.48. The van der Waals surface area contributed by atoms with Gasteiger partial charge < -0.3 is 29.9 Å². The molecule has 1 amide bonds. The van der Waals surface area contributed by atoms with Crippen LogP contribution in [0.2, 0.25) is 0 Å². The molecule has 21 fully saturated rings. The van der Waals surface area contributed by atoms with Crippen molar-refractivity contribution in [3.63, 3.8) is 0 Å². The first-order chi connectivity index (χ1) is 59.2. The molecule has 4 N–H and O–H groups in total. The van der Waals surface area contributed by atoms with Crippen LogP contribution in [0, 0.1) is 225 Å². The molecule has 40 atom stereocenters. The first kappa shape index (κ1) is 84.2. The van der Waals surface area contributed by atoms with E-state index >= 15 is 0 Å². The Balaban J connectivity index is 0.0000000986. The first-order valence-electron chi connectivity index (χ1n) is 51.2. The van der Waals surface area contributed by atoms with Crippen molar-refractivity contribution in [3.05, 3.63) is 60.5 Å². The number of Topliss-reactive ketones (excluding diaryl/α,β-unsaturated/α-hetero) is 4. The van der Waals surface area contributed by atoms with Gasteiger partial charge in [-0.25, -0.2) is 9.67 Å². The number of aliphatic hydroxyl groups is 4. The standard InChI is InChI=1S/C29H41N3O3.C26H38N2O2.C25H36N2O2.C24H36N4O2/c1-28(35)8-6-19-17(13-28)4-5-21-20(19)7-9-29(2)25(21)22-12-23(22)26(29)24(33)16-32-15-18(14-30-32)27(34)31-10-3-11-31;1-15-12-27-28(13-15)14-22(29)24-21-10-20(21)23-19-5-4-16-11-25(2,30)8-6-17(16)18(19)7-9-26(23,24)3;1-24(29)7-5-16-15(12-24)3-4-18-17(16)6-8-25(2)22(18)19-11-20(19)23(25)21(28)13-27-10-9-26-14-27;1-13-25-26-27-28(13)12-20(29)22-19-10-18(19)21-17-5-4-14-11-23(2,30)8-6-15(14)16(17)7-9-24(21,22)3/h14-15,17,19-23,25-26,35H,3-13,16H2,1-2H3;12-13,16-21,23-24,30H,4-11,14H2,1-3H3;9-10,14-20,22-23,29H,3-8,11-13H2,1-2H3;14-19,21-22,30H,4-12H2,1-3H3/t17-,19+,20-,21-,22-,23+,25-,26-,28-,29+;16-,17+,18-,19-,20-,21+,23-,24-,25-,26+;15-,16+,17-,18-,19-,20+,22-,23-,24-,25+;14-,15+,16-,17-,18-,19+,21-,22-,23-,24+/m1111/s1. The quantitative estimate of drug-likeness (QED) is 0.0969. The van der Waals surface area contributed by atoms with Crippen molar-refractivity contribution < 1.29 is 44.4 Å². The highest BCUT2D eigenvalue weighted by Crippen LogP contribution is 2.80. The first-order valence-corrected chi connectivity index (χ1v) is 51.2. The Kier molecular flexibility index (Phi) is 20.6. The molecule has 0 bridgehead atoms. The number of ketones is 4. The number of tetrazole rings is 1. The molecule has 124 heavy (non-hydrogen) atoms. The third-order valence-electron chi connectivity index (χ3n) is 42.8. The molecular weight excluding hydrogens is 1550 g/mol. The average molecular weight is 1700 g/mol. The number of fused-ring (bicyclic) bond motifs is 28. The van der Waals surface area contributed by atoms with E-state index in [0.717, 1.165) is 212 Å². The smallest absolute Gasteiger partial charge is 0.257 e. The number of amides is 1. The molecule has 0 unspecified atom stereocenters. The van der Waals surface area contributed by atoms with Gasteiger partial charge in [-0.1, -0.05) is 27.7 Å². The molecule has 20 aliphatic carbocycles. The Bertz CT molecular complexity index is 4730. The van der Waals surface area contributed by atoms with Gasteiger partial charge >= 0.3 is 0 Å². The fraction of sp³-hybridized carbons (Fsp3) is 0.856. The van der Waals surface area contributed by atoms with E-state index in [0.29, 0.717) is 90.4 Å². The van der Waals surface area contributed by atoms with E-state index < -0.39 is 22.4 Å². The maximum Gasteiger partial charge on any atom is 0.257 e. The van der Waals surface area contributed by atoms with Crippen molar-refractivity contribution in [2.75, 3.05) is 13.1 Å². The Hall–Kier alpha value is -5.31. The fourth-order valence-electron chi connectivity index (χ4n) is 38.2. The number of hydrogen-bond donors (Lipinski definition) is 4. The molecule has 676 valence electrons. The topological polar surface area (TPSA) is 267 Å². The summed E-state index contributed by atoms with van der Waals surface area (Å²) in [4.78, 5) is 72.6. The zero-order valence-corrected chi connectivity index (χ0v) is 76.8. The number of rotatable bonds is 13. The summed E-state index contributed by atoms with van der Waals surface area (Å²) in [5.41, 5.74) is 0.690. The lowest BCUT2D eigenvalue weighted by molar-refractivity contribution is -0.137. The number of nitrogens with zero attached hydrogens (tertiary/aromatic N) is 11. The summed E-state index contributed by atoms with van der Waals surface area (Å²) < 4.78 is 7.22. The Labute approximate surface area is 737 Å². The second-order valence-corrected chi connectivity index (χ2v) is 50.0. The third-order valence-corrected chi connectivity index (χ3v) is 42.8. The highest BCUT2D eigenvalue weighted by molar-refractivity contribution is 5.94. The van der Waals surface area contributed by atoms with Gasteiger partial charge in [0, 0.05) is 61.5 Å². The van der Waals surface area contributed by atoms with E-state index in [1.165, 1.54) is 154 Å². The molecule has 20 saturated carbocycles. The van der Waals surface area contributed by atoms with Crippen molar-refractivity contribution in [2.45, 2.75) is 330 Å². The van der Waals surface area contributed by atoms with Crippen molar-refractivity contribution in [1.29, 1.82) is 0 Å². The lowest BCUT2D eigenvalue weighted by Gasteiger charge is -2.57. The molecule has 1 saturated heterocycles. The van der Waals surface area contributed by atoms with Crippen LogP contribution < -0.4 is 0 Å². The third kappa shape index (κ3) is 14.2. The van der Waals surface area contributed by atoms with E-state index in [9.17, 15) is 44.4 Å². The lowest BCUT2D eigenvalue weighted by Crippen LogP contribution is -2.52. The molecule has 20 nitrogen and oxygen atoms in total. The Morgan fingerprint density at radius 3 is 1.06 bits per heavy atom. The normalized spacial score (nSPS) is 50.7. The maximum atomic E-state index is 13.8. The second kappa shape index (κ2) is 30.4. The average Bonchev–Trinajstić information content (AvgIpc) is 1.53. The predicted octanol–water partition coefficient (Wildman–Crippen LogP) is 16.6. The minimum absolute atomic E-state index is 0.0447. The van der Waals surface area contributed by atoms with Gasteiger partial charge in [0.2, 0.25) is 0 Å². The number of carbonyl (C=O) groups excluding carboxylic acids is 5. The van der Waals surface area contributed by atoms with Crippen LogP contribution in [0.5, 0.6) is 0 Å². The molecule has 0 radical (unpaired) electrons. The van der Waals surface area contributed by atoms with Crippen LogP contribution in [0.1, 0.15) is 289 Å². The van der Waals surface area contributed by atoms with E-state index in [2.05, 4.69) is 72.2 Å². The molecule has 5 heterocycles. The second-order valence-electron chi connectivity index (χ2n) is 50.0. The minimum Gasteiger partial charge on any atom is -0.390 e. The van der Waals surface area contributed by atoms with Gasteiger partial charge in [0.25, 0.3) is 5.91 Å². The van der Waals surface area contributed by atoms with Crippen LogP contribution in [-0.2, 0) is 45.4 Å². The Morgan fingerprint density at radius 1 is 0.387 bits per heavy atom. The number of carbonyl (C=O) groups is 5. The molecule has 4 aromatic heterocycles. The molecule has 0 aromatic carbocycles. The van der Waals surface area contributed by atoms with Gasteiger partial charge in [0.1, 0.15) is 12.4 Å². The summed E-state index contributed by atoms with van der Waals surface area (Å²) in [6.07, 6.45) is 52.2. The number of imidazole rings is 1. The summed E-state index contributed by atoms with van der Waals surface area (Å²) in [5, 5.41) is 63.0. The van der Waals surface area contributed by atoms with Crippen molar-refractivity contribution in [3.8, 4) is 0 Å². The van der Waals surface area contributed by atoms with Gasteiger partial charge in [0.05, 0.1) is 66.3 Å². The highest BCUT2D eigenvalue weighted by Gasteiger charge is 2.76. The molecule has 25 rings (SSSR count). The summed E-state index contributed by atoms with van der Waals surface area (Å²) in [6.45, 7) is 25.2. The molecule has 20 heteroatoms. The zero-order valence-electron chi connectivity index (χ0n) is 76.8. The maximum absolute atomic E-state index is 13.8. The number of likely N-dealkylation sites (tertiary alicyclic amines) is 1. The number of aryl methyl sites for hydroxylation is 2. The molecule has 1 aliphatic heterocycles. The van der Waals surface area contributed by atoms with Gasteiger partial charge in [-0.2, -0.15) is 10.2 Å². The summed E-state index contributed by atoms with van der Waals surface area (Å²) in [7, 11) is 0. The number of hydrogen-bond acceptors (Lipinski definition) is 15. The zero-order chi connectivity index (χ0) is 85.8. The van der Waals surface area contributed by atoms with E-state index in [1.54, 1.807) is 34.3 Å². The van der Waals surface area contributed by atoms with E-state index in [4.69, 9.17) is 0 Å². The van der Waals surface area contributed by atoms with Crippen LogP contribution in [0.15, 0.2) is 43.5 Å². The van der Waals surface area contributed by atoms with Crippen LogP contribution in [0.3, 0.4) is 0 Å². The van der Waals surface area contributed by atoms with Gasteiger partial charge in [0.15, 0.2) is 23.1 Å². The van der Waals surface area contributed by atoms with E-state index in [-0.39, 0.29) is 51.2 Å². The summed E-state index contributed by atoms with van der Waals surface area (Å²) in [6, 6.07) is 0. The molecule has 0 spiro atoms. The highest BCUT2D eigenvalue weighted by atomic mass is 16.3. The molecule has 4 aromatic rings. The van der Waals surface area contributed by atoms with Crippen molar-refractivity contribution in [1.82, 2.24) is 54.2 Å². The molecular formula is C104H151N11O9. The predicted molar refractivity (Wildman–Crippen MR) is 469 cm³/mol. The van der Waals surface area contributed by atoms with Crippen LogP contribution in [-0.4, -0.2) is 139 Å². The Morgan fingerprint density at radius 2 is 0.734 bits per heavy atom. The van der Waals surface area contributed by atoms with Crippen molar-refractivity contribution >= 4 is 29.0 Å². The van der Waals surface area contributed by atoms with Gasteiger partial charge in [-0.15, -0.1) is 5.10 Å². The van der Waals surface area contributed by atoms with Gasteiger partial charge in [-0.3, -0.25) is 33.3 Å². The monoisotopic (exact) mass is 1700 g/mol. The van der Waals surface area contributed by atoms with Crippen LogP contribution in [0.4, 0.5) is 0 Å². The van der Waals surface area contributed by atoms with Gasteiger partial charge in [-0.05, 0) is 457 Å². The van der Waals surface area contributed by atoms with E-state index in [1.807, 2.05) is 60.4 Å².